The topological polar surface area (TPSA) is 46.0 Å². The average molecular weight is 324 g/mol. The second-order valence-electron chi connectivity index (χ2n) is 5.74. The molecule has 0 atom stereocenters. The highest BCUT2D eigenvalue weighted by atomic mass is 16.3. The largest absolute Gasteiger partial charge is 0.508 e. The van der Waals surface area contributed by atoms with Gasteiger partial charge in [-0.2, -0.15) is 0 Å². The summed E-state index contributed by atoms with van der Waals surface area (Å²) in [4.78, 5) is 9.06. The summed E-state index contributed by atoms with van der Waals surface area (Å²) in [5.41, 5.74) is 5.97. The van der Waals surface area contributed by atoms with Gasteiger partial charge in [-0.25, -0.2) is 0 Å². The summed E-state index contributed by atoms with van der Waals surface area (Å²) in [7, 11) is 0. The van der Waals surface area contributed by atoms with Gasteiger partial charge >= 0.3 is 0 Å². The number of phenols is 1. The van der Waals surface area contributed by atoms with E-state index in [4.69, 9.17) is 0 Å². The van der Waals surface area contributed by atoms with Crippen LogP contribution in [0.15, 0.2) is 91.3 Å². The Bertz CT molecular complexity index is 996. The molecule has 0 bridgehead atoms. The number of hydrogen-bond acceptors (Lipinski definition) is 3. The van der Waals surface area contributed by atoms with Gasteiger partial charge in [0, 0.05) is 29.1 Å². The number of nitrogens with zero attached hydrogens (tertiary/aromatic N) is 2. The third-order valence-electron chi connectivity index (χ3n) is 4.09. The second-order valence-corrected chi connectivity index (χ2v) is 5.74. The van der Waals surface area contributed by atoms with Crippen LogP contribution in [0, 0.1) is 0 Å². The van der Waals surface area contributed by atoms with Gasteiger partial charge in [0.2, 0.25) is 0 Å². The standard InChI is InChI=1S/C22H16N2O/c25-19-10-8-17(9-11-19)21-15-18(12-14-23-21)22-20(7-4-13-24-22)16-5-2-1-3-6-16/h1-15,25H. The molecule has 3 nitrogen and oxygen atoms in total. The van der Waals surface area contributed by atoms with Crippen molar-refractivity contribution in [2.75, 3.05) is 0 Å². The van der Waals surface area contributed by atoms with Crippen molar-refractivity contribution in [3.63, 3.8) is 0 Å². The van der Waals surface area contributed by atoms with Crippen LogP contribution in [0.2, 0.25) is 0 Å². The molecule has 4 rings (SSSR count). The fraction of sp³-hybridized carbons (Fsp3) is 0. The van der Waals surface area contributed by atoms with Crippen molar-refractivity contribution in [1.82, 2.24) is 9.97 Å². The van der Waals surface area contributed by atoms with Crippen LogP contribution in [0.1, 0.15) is 0 Å². The van der Waals surface area contributed by atoms with E-state index in [9.17, 15) is 5.11 Å². The fourth-order valence-corrected chi connectivity index (χ4v) is 2.85. The van der Waals surface area contributed by atoms with Crippen molar-refractivity contribution in [3.8, 4) is 39.4 Å². The highest BCUT2D eigenvalue weighted by molar-refractivity contribution is 5.82. The van der Waals surface area contributed by atoms with Crippen LogP contribution in [0.3, 0.4) is 0 Å². The summed E-state index contributed by atoms with van der Waals surface area (Å²) < 4.78 is 0. The minimum atomic E-state index is 0.246. The van der Waals surface area contributed by atoms with Crippen molar-refractivity contribution < 1.29 is 5.11 Å². The van der Waals surface area contributed by atoms with Crippen LogP contribution in [0.25, 0.3) is 33.6 Å². The van der Waals surface area contributed by atoms with Crippen LogP contribution in [-0.4, -0.2) is 15.1 Å². The zero-order valence-corrected chi connectivity index (χ0v) is 13.5. The summed E-state index contributed by atoms with van der Waals surface area (Å²) in [5.74, 6) is 0.246. The van der Waals surface area contributed by atoms with E-state index in [0.29, 0.717) is 0 Å². The SMILES string of the molecule is Oc1ccc(-c2cc(-c3ncccc3-c3ccccc3)ccn2)cc1. The fourth-order valence-electron chi connectivity index (χ4n) is 2.85. The van der Waals surface area contributed by atoms with Crippen molar-refractivity contribution in [2.24, 2.45) is 0 Å². The molecule has 0 aliphatic rings. The molecule has 0 fully saturated rings. The molecular weight excluding hydrogens is 308 g/mol. The number of phenolic OH excluding ortho intramolecular Hbond substituents is 1. The average Bonchev–Trinajstić information content (AvgIpc) is 2.69. The highest BCUT2D eigenvalue weighted by Gasteiger charge is 2.10. The lowest BCUT2D eigenvalue weighted by Gasteiger charge is -2.10. The van der Waals surface area contributed by atoms with Gasteiger partial charge in [-0.15, -0.1) is 0 Å². The number of aromatic nitrogens is 2. The van der Waals surface area contributed by atoms with E-state index in [1.807, 2.05) is 54.7 Å². The van der Waals surface area contributed by atoms with Gasteiger partial charge in [0.05, 0.1) is 11.4 Å². The molecule has 25 heavy (non-hydrogen) atoms. The summed E-state index contributed by atoms with van der Waals surface area (Å²) >= 11 is 0. The normalized spacial score (nSPS) is 10.6. The number of benzene rings is 2. The third-order valence-corrected chi connectivity index (χ3v) is 4.09. The van der Waals surface area contributed by atoms with Crippen LogP contribution >= 0.6 is 0 Å². The number of pyridine rings is 2. The first-order valence-corrected chi connectivity index (χ1v) is 8.07. The zero-order valence-electron chi connectivity index (χ0n) is 13.5. The van der Waals surface area contributed by atoms with Crippen LogP contribution < -0.4 is 0 Å². The van der Waals surface area contributed by atoms with E-state index < -0.39 is 0 Å². The Morgan fingerprint density at radius 2 is 1.40 bits per heavy atom. The van der Waals surface area contributed by atoms with Crippen molar-refractivity contribution in [2.45, 2.75) is 0 Å². The molecule has 0 saturated heterocycles. The Hall–Kier alpha value is -3.46. The van der Waals surface area contributed by atoms with E-state index in [-0.39, 0.29) is 5.75 Å². The lowest BCUT2D eigenvalue weighted by molar-refractivity contribution is 0.475. The maximum atomic E-state index is 9.47. The molecule has 120 valence electrons. The smallest absolute Gasteiger partial charge is 0.115 e. The summed E-state index contributed by atoms with van der Waals surface area (Å²) in [6.07, 6.45) is 3.60. The van der Waals surface area contributed by atoms with Crippen LogP contribution in [0.4, 0.5) is 0 Å². The Morgan fingerprint density at radius 3 is 2.20 bits per heavy atom. The van der Waals surface area contributed by atoms with Gasteiger partial charge in [-0.05, 0) is 48.0 Å². The van der Waals surface area contributed by atoms with Gasteiger partial charge in [0.1, 0.15) is 5.75 Å². The van der Waals surface area contributed by atoms with E-state index in [0.717, 1.165) is 33.6 Å². The molecule has 0 spiro atoms. The molecule has 0 aliphatic carbocycles. The van der Waals surface area contributed by atoms with E-state index in [2.05, 4.69) is 28.2 Å². The Labute approximate surface area is 146 Å². The highest BCUT2D eigenvalue weighted by Crippen LogP contribution is 2.31. The number of rotatable bonds is 3. The predicted octanol–water partition coefficient (Wildman–Crippen LogP) is 5.18. The Balaban J connectivity index is 1.81. The van der Waals surface area contributed by atoms with E-state index in [1.54, 1.807) is 18.3 Å². The lowest BCUT2D eigenvalue weighted by atomic mass is 9.99. The van der Waals surface area contributed by atoms with Crippen LogP contribution in [-0.2, 0) is 0 Å². The molecule has 1 N–H and O–H groups in total. The molecule has 3 heteroatoms. The molecule has 2 aromatic heterocycles. The summed E-state index contributed by atoms with van der Waals surface area (Å²) in [5, 5.41) is 9.47. The summed E-state index contributed by atoms with van der Waals surface area (Å²) in [6, 6.07) is 25.3. The zero-order chi connectivity index (χ0) is 17.1. The Morgan fingerprint density at radius 1 is 0.600 bits per heavy atom. The van der Waals surface area contributed by atoms with Crippen LogP contribution in [0.5, 0.6) is 5.75 Å². The minimum absolute atomic E-state index is 0.246. The molecule has 0 saturated carbocycles. The third kappa shape index (κ3) is 3.12. The molecule has 2 heterocycles. The number of hydrogen-bond donors (Lipinski definition) is 1. The molecule has 0 amide bonds. The van der Waals surface area contributed by atoms with Gasteiger partial charge < -0.3 is 5.11 Å². The van der Waals surface area contributed by atoms with Gasteiger partial charge in [-0.1, -0.05) is 36.4 Å². The maximum absolute atomic E-state index is 9.47. The van der Waals surface area contributed by atoms with E-state index in [1.165, 1.54) is 0 Å². The molecule has 4 aromatic rings. The van der Waals surface area contributed by atoms with Gasteiger partial charge in [0.15, 0.2) is 0 Å². The molecule has 0 aliphatic heterocycles. The first-order chi connectivity index (χ1) is 12.3. The Kier molecular flexibility index (Phi) is 3.97. The molecule has 2 aromatic carbocycles. The first kappa shape index (κ1) is 15.1. The second kappa shape index (κ2) is 6.57. The monoisotopic (exact) mass is 324 g/mol. The van der Waals surface area contributed by atoms with Crippen molar-refractivity contribution >= 4 is 0 Å². The lowest BCUT2D eigenvalue weighted by Crippen LogP contribution is -1.91. The minimum Gasteiger partial charge on any atom is -0.508 e. The molecule has 0 unspecified atom stereocenters. The first-order valence-electron chi connectivity index (χ1n) is 8.07. The van der Waals surface area contributed by atoms with Crippen molar-refractivity contribution in [3.05, 3.63) is 91.3 Å². The quantitative estimate of drug-likeness (QED) is 0.564. The molecular formula is C22H16N2O. The number of aromatic hydroxyl groups is 1. The molecule has 0 radical (unpaired) electrons. The van der Waals surface area contributed by atoms with Gasteiger partial charge in [0.25, 0.3) is 0 Å². The van der Waals surface area contributed by atoms with Gasteiger partial charge in [-0.3, -0.25) is 9.97 Å². The van der Waals surface area contributed by atoms with E-state index >= 15 is 0 Å². The van der Waals surface area contributed by atoms with Crippen molar-refractivity contribution in [1.29, 1.82) is 0 Å². The summed E-state index contributed by atoms with van der Waals surface area (Å²) in [6.45, 7) is 0. The maximum Gasteiger partial charge on any atom is 0.115 e. The predicted molar refractivity (Wildman–Crippen MR) is 100 cm³/mol.